The average Bonchev–Trinajstić information content (AvgIpc) is 2.71. The van der Waals surface area contributed by atoms with Crippen LogP contribution in [-0.2, 0) is 0 Å². The van der Waals surface area contributed by atoms with Gasteiger partial charge >= 0.3 is 0 Å². The molecular formula is C25H25F3. The topological polar surface area (TPSA) is 0 Å². The fraction of sp³-hybridized carbons (Fsp3) is 0.280. The molecule has 0 aliphatic heterocycles. The molecule has 0 bridgehead atoms. The van der Waals surface area contributed by atoms with Crippen molar-refractivity contribution in [3.05, 3.63) is 83.7 Å². The fourth-order valence-corrected chi connectivity index (χ4v) is 4.13. The maximum atomic E-state index is 14.6. The van der Waals surface area contributed by atoms with Crippen LogP contribution in [0, 0.1) is 23.4 Å². The average molecular weight is 382 g/mol. The Morgan fingerprint density at radius 1 is 0.643 bits per heavy atom. The molecule has 0 nitrogen and oxygen atoms in total. The molecule has 28 heavy (non-hydrogen) atoms. The van der Waals surface area contributed by atoms with Crippen molar-refractivity contribution in [1.29, 1.82) is 0 Å². The third-order valence-corrected chi connectivity index (χ3v) is 5.93. The highest BCUT2D eigenvalue weighted by atomic mass is 19.2. The molecule has 0 amide bonds. The van der Waals surface area contributed by atoms with Crippen molar-refractivity contribution in [2.45, 2.75) is 38.5 Å². The Balaban J connectivity index is 0.00000240. The van der Waals surface area contributed by atoms with Crippen molar-refractivity contribution in [1.82, 2.24) is 0 Å². The smallest absolute Gasteiger partial charge is 0.159 e. The fourth-order valence-electron chi connectivity index (χ4n) is 4.13. The van der Waals surface area contributed by atoms with E-state index >= 15 is 0 Å². The quantitative estimate of drug-likeness (QED) is 0.431. The van der Waals surface area contributed by atoms with Crippen LogP contribution in [0.15, 0.2) is 60.7 Å². The maximum absolute atomic E-state index is 14.6. The van der Waals surface area contributed by atoms with Gasteiger partial charge in [-0.05, 0) is 65.1 Å². The normalized spacial score (nSPS) is 19.6. The second-order valence-electron chi connectivity index (χ2n) is 7.90. The molecule has 0 saturated heterocycles. The van der Waals surface area contributed by atoms with Crippen LogP contribution in [0.2, 0.25) is 0 Å². The molecule has 0 unspecified atom stereocenters. The largest absolute Gasteiger partial charge is 0.206 e. The molecule has 0 heterocycles. The van der Waals surface area contributed by atoms with Gasteiger partial charge < -0.3 is 0 Å². The lowest BCUT2D eigenvalue weighted by Gasteiger charge is -2.26. The monoisotopic (exact) mass is 382 g/mol. The van der Waals surface area contributed by atoms with Gasteiger partial charge in [-0.1, -0.05) is 62.2 Å². The van der Waals surface area contributed by atoms with Crippen molar-refractivity contribution in [2.75, 3.05) is 0 Å². The van der Waals surface area contributed by atoms with E-state index < -0.39 is 17.5 Å². The first-order valence-electron chi connectivity index (χ1n) is 9.86. The Morgan fingerprint density at radius 3 is 1.89 bits per heavy atom. The van der Waals surface area contributed by atoms with Gasteiger partial charge in [-0.3, -0.25) is 0 Å². The molecule has 4 rings (SSSR count). The first-order chi connectivity index (χ1) is 13.5. The third kappa shape index (κ3) is 3.84. The summed E-state index contributed by atoms with van der Waals surface area (Å²) in [4.78, 5) is 0. The molecule has 1 fully saturated rings. The van der Waals surface area contributed by atoms with Crippen LogP contribution < -0.4 is 0 Å². The van der Waals surface area contributed by atoms with Gasteiger partial charge in [0.1, 0.15) is 5.82 Å². The summed E-state index contributed by atoms with van der Waals surface area (Å²) in [5.41, 5.74) is 3.66. The second-order valence-corrected chi connectivity index (χ2v) is 7.90. The summed E-state index contributed by atoms with van der Waals surface area (Å²) in [6.07, 6.45) is 5.03. The second kappa shape index (κ2) is 7.83. The molecule has 0 spiro atoms. The lowest BCUT2D eigenvalue weighted by atomic mass is 9.79. The van der Waals surface area contributed by atoms with Crippen molar-refractivity contribution >= 4 is 0 Å². The molecule has 3 aromatic carbocycles. The zero-order chi connectivity index (χ0) is 19.7. The predicted octanol–water partition coefficient (Wildman–Crippen LogP) is 7.98. The van der Waals surface area contributed by atoms with Crippen molar-refractivity contribution in [3.63, 3.8) is 0 Å². The third-order valence-electron chi connectivity index (χ3n) is 5.93. The van der Waals surface area contributed by atoms with E-state index in [1.807, 2.05) is 18.2 Å². The molecule has 0 atom stereocenters. The number of benzene rings is 3. The van der Waals surface area contributed by atoms with Crippen LogP contribution in [-0.4, -0.2) is 0 Å². The molecule has 146 valence electrons. The highest BCUT2D eigenvalue weighted by molar-refractivity contribution is 5.71. The number of rotatable bonds is 3. The molecular weight excluding hydrogens is 357 g/mol. The van der Waals surface area contributed by atoms with E-state index in [1.165, 1.54) is 43.4 Å². The van der Waals surface area contributed by atoms with Gasteiger partial charge in [-0.15, -0.1) is 0 Å². The van der Waals surface area contributed by atoms with Crippen LogP contribution in [0.3, 0.4) is 0 Å². The Labute approximate surface area is 165 Å². The standard InChI is InChI=1S/C25H23F3.H2/c1-16-2-4-17(5-3-16)18-6-8-19(9-7-18)20-10-12-22(24(27)14-20)21-11-13-23(26)25(28)15-21;/h6-17H,2-5H2,1H3;1H. The molecule has 1 aliphatic rings. The van der Waals surface area contributed by atoms with Crippen molar-refractivity contribution in [2.24, 2.45) is 5.92 Å². The summed E-state index contributed by atoms with van der Waals surface area (Å²) in [5, 5.41) is 0. The minimum atomic E-state index is -0.978. The van der Waals surface area contributed by atoms with Crippen LogP contribution in [0.25, 0.3) is 22.3 Å². The number of hydrogen-bond donors (Lipinski definition) is 0. The lowest BCUT2D eigenvalue weighted by molar-refractivity contribution is 0.348. The lowest BCUT2D eigenvalue weighted by Crippen LogP contribution is -2.10. The van der Waals surface area contributed by atoms with Crippen LogP contribution in [0.1, 0.15) is 45.5 Å². The maximum Gasteiger partial charge on any atom is 0.159 e. The first kappa shape index (κ1) is 18.8. The zero-order valence-corrected chi connectivity index (χ0v) is 15.9. The minimum Gasteiger partial charge on any atom is -0.206 e. The van der Waals surface area contributed by atoms with E-state index in [2.05, 4.69) is 19.1 Å². The van der Waals surface area contributed by atoms with E-state index in [9.17, 15) is 13.2 Å². The summed E-state index contributed by atoms with van der Waals surface area (Å²) in [6, 6.07) is 16.7. The van der Waals surface area contributed by atoms with Crippen molar-refractivity contribution < 1.29 is 14.6 Å². The van der Waals surface area contributed by atoms with E-state index in [-0.39, 0.29) is 6.99 Å². The highest BCUT2D eigenvalue weighted by Gasteiger charge is 2.19. The van der Waals surface area contributed by atoms with Crippen LogP contribution in [0.4, 0.5) is 13.2 Å². The van der Waals surface area contributed by atoms with Gasteiger partial charge in [0.25, 0.3) is 0 Å². The minimum absolute atomic E-state index is 0. The Kier molecular flexibility index (Phi) is 5.25. The number of hydrogen-bond acceptors (Lipinski definition) is 0. The zero-order valence-electron chi connectivity index (χ0n) is 15.9. The molecule has 3 heteroatoms. The van der Waals surface area contributed by atoms with Crippen LogP contribution >= 0.6 is 0 Å². The SMILES string of the molecule is CC1CCC(c2ccc(-c3ccc(-c4ccc(F)c(F)c4)c(F)c3)cc2)CC1.[HH]. The molecule has 0 N–H and O–H groups in total. The van der Waals surface area contributed by atoms with Gasteiger partial charge in [0.05, 0.1) is 0 Å². The Morgan fingerprint density at radius 2 is 1.25 bits per heavy atom. The summed E-state index contributed by atoms with van der Waals surface area (Å²) in [7, 11) is 0. The van der Waals surface area contributed by atoms with Gasteiger partial charge in [0, 0.05) is 6.99 Å². The molecule has 0 aromatic heterocycles. The summed E-state index contributed by atoms with van der Waals surface area (Å²) >= 11 is 0. The highest BCUT2D eigenvalue weighted by Crippen LogP contribution is 2.36. The first-order valence-corrected chi connectivity index (χ1v) is 9.86. The van der Waals surface area contributed by atoms with Gasteiger partial charge in [-0.2, -0.15) is 0 Å². The van der Waals surface area contributed by atoms with Gasteiger partial charge in [-0.25, -0.2) is 13.2 Å². The Hall–Kier alpha value is -2.55. The summed E-state index contributed by atoms with van der Waals surface area (Å²) in [5.74, 6) is -0.917. The summed E-state index contributed by atoms with van der Waals surface area (Å²) < 4.78 is 41.2. The van der Waals surface area contributed by atoms with Crippen LogP contribution in [0.5, 0.6) is 0 Å². The van der Waals surface area contributed by atoms with Gasteiger partial charge in [0.15, 0.2) is 11.6 Å². The predicted molar refractivity (Wildman–Crippen MR) is 110 cm³/mol. The van der Waals surface area contributed by atoms with E-state index in [0.29, 0.717) is 11.5 Å². The molecule has 1 aliphatic carbocycles. The Bertz CT molecular complexity index is 974. The van der Waals surface area contributed by atoms with E-state index in [4.69, 9.17) is 0 Å². The summed E-state index contributed by atoms with van der Waals surface area (Å²) in [6.45, 7) is 2.32. The van der Waals surface area contributed by atoms with E-state index in [0.717, 1.165) is 29.2 Å². The molecule has 3 aromatic rings. The van der Waals surface area contributed by atoms with Crippen molar-refractivity contribution in [3.8, 4) is 22.3 Å². The number of halogens is 3. The molecule has 0 radical (unpaired) electrons. The van der Waals surface area contributed by atoms with E-state index in [1.54, 1.807) is 6.07 Å². The molecule has 1 saturated carbocycles. The van der Waals surface area contributed by atoms with Gasteiger partial charge in [0.2, 0.25) is 0 Å².